The van der Waals surface area contributed by atoms with E-state index in [4.69, 9.17) is 5.73 Å². The van der Waals surface area contributed by atoms with Crippen molar-refractivity contribution in [3.63, 3.8) is 0 Å². The van der Waals surface area contributed by atoms with Gasteiger partial charge in [0.2, 0.25) is 6.43 Å². The molecule has 0 heterocycles. The Hall–Kier alpha value is -1.45. The Balaban J connectivity index is 0.00000180. The molecule has 2 aromatic rings. The maximum atomic E-state index is 12.3. The summed E-state index contributed by atoms with van der Waals surface area (Å²) >= 11 is 0. The molecule has 0 radical (unpaired) electrons. The molecule has 2 rings (SSSR count). The molecule has 4 heteroatoms. The lowest BCUT2D eigenvalue weighted by molar-refractivity contribution is 0.128. The Morgan fingerprint density at radius 2 is 1.53 bits per heavy atom. The zero-order valence-corrected chi connectivity index (χ0v) is 11.1. The SMILES string of the molecule is Cl.N[C@@H](CC(F)F)c1cccc(-c2ccccc2)c1. The average molecular weight is 284 g/mol. The quantitative estimate of drug-likeness (QED) is 0.882. The summed E-state index contributed by atoms with van der Waals surface area (Å²) in [7, 11) is 0. The van der Waals surface area contributed by atoms with Crippen molar-refractivity contribution in [1.82, 2.24) is 0 Å². The summed E-state index contributed by atoms with van der Waals surface area (Å²) in [4.78, 5) is 0. The smallest absolute Gasteiger partial charge is 0.240 e. The Morgan fingerprint density at radius 3 is 2.16 bits per heavy atom. The van der Waals surface area contributed by atoms with Crippen LogP contribution >= 0.6 is 12.4 Å². The summed E-state index contributed by atoms with van der Waals surface area (Å²) < 4.78 is 24.6. The molecule has 1 nitrogen and oxygen atoms in total. The normalized spacial score (nSPS) is 12.0. The molecule has 0 amide bonds. The number of hydrogen-bond acceptors (Lipinski definition) is 1. The number of alkyl halides is 2. The second-order valence-electron chi connectivity index (χ2n) is 4.22. The van der Waals surface area contributed by atoms with Gasteiger partial charge >= 0.3 is 0 Å². The topological polar surface area (TPSA) is 26.0 Å². The lowest BCUT2D eigenvalue weighted by atomic mass is 9.98. The molecule has 19 heavy (non-hydrogen) atoms. The second-order valence-corrected chi connectivity index (χ2v) is 4.22. The first-order valence-electron chi connectivity index (χ1n) is 5.86. The maximum absolute atomic E-state index is 12.3. The molecular formula is C15H16ClF2N. The minimum atomic E-state index is -2.37. The number of hydrogen-bond donors (Lipinski definition) is 1. The highest BCUT2D eigenvalue weighted by atomic mass is 35.5. The molecule has 2 aromatic carbocycles. The minimum absolute atomic E-state index is 0. The summed E-state index contributed by atoms with van der Waals surface area (Å²) in [6.45, 7) is 0. The predicted octanol–water partition coefficient (Wildman–Crippen LogP) is 4.43. The number of rotatable bonds is 4. The van der Waals surface area contributed by atoms with Gasteiger partial charge in [0.25, 0.3) is 0 Å². The molecule has 0 fully saturated rings. The Labute approximate surface area is 117 Å². The van der Waals surface area contributed by atoms with Crippen LogP contribution in [0.5, 0.6) is 0 Å². The Kier molecular flexibility index (Phi) is 5.93. The van der Waals surface area contributed by atoms with Crippen LogP contribution in [-0.2, 0) is 0 Å². The Morgan fingerprint density at radius 1 is 0.895 bits per heavy atom. The van der Waals surface area contributed by atoms with Crippen molar-refractivity contribution in [3.8, 4) is 11.1 Å². The van der Waals surface area contributed by atoms with Gasteiger partial charge in [-0.3, -0.25) is 0 Å². The largest absolute Gasteiger partial charge is 0.324 e. The van der Waals surface area contributed by atoms with Gasteiger partial charge in [0.15, 0.2) is 0 Å². The lowest BCUT2D eigenvalue weighted by Gasteiger charge is -2.12. The first kappa shape index (κ1) is 15.6. The molecule has 0 aliphatic heterocycles. The molecule has 0 saturated carbocycles. The van der Waals surface area contributed by atoms with Crippen LogP contribution in [0, 0.1) is 0 Å². The van der Waals surface area contributed by atoms with E-state index in [-0.39, 0.29) is 18.8 Å². The zero-order valence-electron chi connectivity index (χ0n) is 10.3. The molecular weight excluding hydrogens is 268 g/mol. The van der Waals surface area contributed by atoms with E-state index < -0.39 is 12.5 Å². The van der Waals surface area contributed by atoms with E-state index in [0.717, 1.165) is 16.7 Å². The first-order chi connectivity index (χ1) is 8.66. The van der Waals surface area contributed by atoms with E-state index in [1.807, 2.05) is 48.5 Å². The molecule has 0 saturated heterocycles. The molecule has 2 N–H and O–H groups in total. The van der Waals surface area contributed by atoms with Gasteiger partial charge in [-0.25, -0.2) is 8.78 Å². The number of benzene rings is 2. The third kappa shape index (κ3) is 4.30. The van der Waals surface area contributed by atoms with Crippen LogP contribution in [0.15, 0.2) is 54.6 Å². The minimum Gasteiger partial charge on any atom is -0.324 e. The molecule has 0 unspecified atom stereocenters. The summed E-state index contributed by atoms with van der Waals surface area (Å²) in [6.07, 6.45) is -2.68. The molecule has 1 atom stereocenters. The van der Waals surface area contributed by atoms with Crippen molar-refractivity contribution in [3.05, 3.63) is 60.2 Å². The van der Waals surface area contributed by atoms with E-state index in [1.54, 1.807) is 6.07 Å². The molecule has 0 aliphatic carbocycles. The van der Waals surface area contributed by atoms with Gasteiger partial charge in [0.1, 0.15) is 0 Å². The third-order valence-electron chi connectivity index (χ3n) is 2.85. The average Bonchev–Trinajstić information content (AvgIpc) is 2.39. The Bertz CT molecular complexity index is 503. The fourth-order valence-electron chi connectivity index (χ4n) is 1.91. The van der Waals surface area contributed by atoms with Gasteiger partial charge < -0.3 is 5.73 Å². The third-order valence-corrected chi connectivity index (χ3v) is 2.85. The van der Waals surface area contributed by atoms with Crippen molar-refractivity contribution in [2.45, 2.75) is 18.9 Å². The van der Waals surface area contributed by atoms with Crippen LogP contribution in [0.1, 0.15) is 18.0 Å². The van der Waals surface area contributed by atoms with Gasteiger partial charge in [-0.15, -0.1) is 12.4 Å². The summed E-state index contributed by atoms with van der Waals surface area (Å²) in [6, 6.07) is 16.7. The molecule has 0 bridgehead atoms. The van der Waals surface area contributed by atoms with Gasteiger partial charge in [-0.2, -0.15) is 0 Å². The molecule has 102 valence electrons. The standard InChI is InChI=1S/C15H15F2N.ClH/c16-15(17)10-14(18)13-8-4-7-12(9-13)11-5-2-1-3-6-11;/h1-9,14-15H,10,18H2;1H/t14-;/m0./s1. The zero-order chi connectivity index (χ0) is 13.0. The monoisotopic (exact) mass is 283 g/mol. The predicted molar refractivity (Wildman–Crippen MR) is 76.7 cm³/mol. The second kappa shape index (κ2) is 7.22. The van der Waals surface area contributed by atoms with Crippen molar-refractivity contribution < 1.29 is 8.78 Å². The molecule has 0 spiro atoms. The summed E-state index contributed by atoms with van der Waals surface area (Å²) in [5.74, 6) is 0. The van der Waals surface area contributed by atoms with E-state index in [1.165, 1.54) is 0 Å². The number of halogens is 3. The molecule has 0 aromatic heterocycles. The highest BCUT2D eigenvalue weighted by Crippen LogP contribution is 2.24. The highest BCUT2D eigenvalue weighted by Gasteiger charge is 2.13. The van der Waals surface area contributed by atoms with Crippen LogP contribution in [0.4, 0.5) is 8.78 Å². The first-order valence-corrected chi connectivity index (χ1v) is 5.86. The van der Waals surface area contributed by atoms with Crippen molar-refractivity contribution in [2.24, 2.45) is 5.73 Å². The van der Waals surface area contributed by atoms with E-state index in [0.29, 0.717) is 0 Å². The fraction of sp³-hybridized carbons (Fsp3) is 0.200. The van der Waals surface area contributed by atoms with Gasteiger partial charge in [0.05, 0.1) is 0 Å². The number of nitrogens with two attached hydrogens (primary N) is 1. The summed E-state index contributed by atoms with van der Waals surface area (Å²) in [5, 5.41) is 0. The van der Waals surface area contributed by atoms with Gasteiger partial charge in [-0.05, 0) is 22.8 Å². The maximum Gasteiger partial charge on any atom is 0.240 e. The van der Waals surface area contributed by atoms with E-state index in [9.17, 15) is 8.78 Å². The molecule has 0 aliphatic rings. The van der Waals surface area contributed by atoms with E-state index in [2.05, 4.69) is 0 Å². The van der Waals surface area contributed by atoms with Gasteiger partial charge in [-0.1, -0.05) is 48.5 Å². The highest BCUT2D eigenvalue weighted by molar-refractivity contribution is 5.85. The van der Waals surface area contributed by atoms with Crippen LogP contribution in [0.25, 0.3) is 11.1 Å². The van der Waals surface area contributed by atoms with Crippen LogP contribution < -0.4 is 5.73 Å². The van der Waals surface area contributed by atoms with Crippen molar-refractivity contribution >= 4 is 12.4 Å². The van der Waals surface area contributed by atoms with Crippen LogP contribution in [0.2, 0.25) is 0 Å². The lowest BCUT2D eigenvalue weighted by Crippen LogP contribution is -2.13. The van der Waals surface area contributed by atoms with Crippen molar-refractivity contribution in [2.75, 3.05) is 0 Å². The van der Waals surface area contributed by atoms with E-state index >= 15 is 0 Å². The van der Waals surface area contributed by atoms with Crippen molar-refractivity contribution in [1.29, 1.82) is 0 Å². The fourth-order valence-corrected chi connectivity index (χ4v) is 1.91. The van der Waals surface area contributed by atoms with Gasteiger partial charge in [0, 0.05) is 12.5 Å². The van der Waals surface area contributed by atoms with Crippen LogP contribution in [0.3, 0.4) is 0 Å². The summed E-state index contributed by atoms with van der Waals surface area (Å²) in [5.41, 5.74) is 8.57. The van der Waals surface area contributed by atoms with Crippen LogP contribution in [-0.4, -0.2) is 6.43 Å².